The van der Waals surface area contributed by atoms with Crippen LogP contribution < -0.4 is 5.73 Å². The molecule has 4 nitrogen and oxygen atoms in total. The number of hydrogen-bond acceptors (Lipinski definition) is 3. The first-order valence-electron chi connectivity index (χ1n) is 8.23. The first-order chi connectivity index (χ1) is 9.69. The van der Waals surface area contributed by atoms with Crippen LogP contribution in [0.3, 0.4) is 0 Å². The van der Waals surface area contributed by atoms with Gasteiger partial charge in [0.25, 0.3) is 0 Å². The molecule has 1 amide bonds. The van der Waals surface area contributed by atoms with E-state index in [2.05, 4.69) is 11.8 Å². The second kappa shape index (κ2) is 8.96. The summed E-state index contributed by atoms with van der Waals surface area (Å²) in [7, 11) is 1.64. The van der Waals surface area contributed by atoms with Gasteiger partial charge in [0.2, 0.25) is 5.91 Å². The fourth-order valence-electron chi connectivity index (χ4n) is 3.45. The third-order valence-corrected chi connectivity index (χ3v) is 5.01. The smallest absolute Gasteiger partial charge is 0.225 e. The predicted molar refractivity (Wildman–Crippen MR) is 87.6 cm³/mol. The van der Waals surface area contributed by atoms with E-state index in [1.807, 2.05) is 0 Å². The number of carbonyl (C=O) groups is 1. The number of hydrogen-bond donors (Lipinski definition) is 1. The maximum Gasteiger partial charge on any atom is 0.225 e. The summed E-state index contributed by atoms with van der Waals surface area (Å²) in [6.07, 6.45) is 8.88. The molecule has 2 aliphatic carbocycles. The molecule has 0 aromatic carbocycles. The summed E-state index contributed by atoms with van der Waals surface area (Å²) in [4.78, 5) is 14.8. The minimum atomic E-state index is -0.129. The van der Waals surface area contributed by atoms with Crippen molar-refractivity contribution in [1.29, 1.82) is 0 Å². The summed E-state index contributed by atoms with van der Waals surface area (Å²) in [5.41, 5.74) is 5.64. The van der Waals surface area contributed by atoms with Crippen LogP contribution in [0.25, 0.3) is 0 Å². The van der Waals surface area contributed by atoms with E-state index in [1.165, 1.54) is 44.9 Å². The standard InChI is InChI=1S/C16H30N2O2.ClH/c1-3-12-4-6-13(7-5-12)18(14-8-9-14)16(19)10-15(11-17)20-2;/h12-15H,3-11,17H2,1-2H3;1H. The predicted octanol–water partition coefficient (Wildman–Crippen LogP) is 2.73. The molecular weight excluding hydrogens is 288 g/mol. The highest BCUT2D eigenvalue weighted by Crippen LogP contribution is 2.36. The van der Waals surface area contributed by atoms with Gasteiger partial charge < -0.3 is 15.4 Å². The van der Waals surface area contributed by atoms with Crippen molar-refractivity contribution >= 4 is 18.3 Å². The van der Waals surface area contributed by atoms with E-state index in [1.54, 1.807) is 7.11 Å². The monoisotopic (exact) mass is 318 g/mol. The lowest BCUT2D eigenvalue weighted by Gasteiger charge is -2.37. The molecule has 2 N–H and O–H groups in total. The molecule has 0 aromatic rings. The van der Waals surface area contributed by atoms with E-state index >= 15 is 0 Å². The number of halogens is 1. The molecule has 124 valence electrons. The van der Waals surface area contributed by atoms with Crippen LogP contribution in [0.5, 0.6) is 0 Å². The van der Waals surface area contributed by atoms with Crippen LogP contribution in [0.1, 0.15) is 58.3 Å². The Morgan fingerprint density at radius 1 is 1.19 bits per heavy atom. The van der Waals surface area contributed by atoms with Crippen LogP contribution in [0, 0.1) is 5.92 Å². The van der Waals surface area contributed by atoms with Crippen LogP contribution in [-0.4, -0.2) is 42.6 Å². The highest BCUT2D eigenvalue weighted by atomic mass is 35.5. The molecular formula is C16H31ClN2O2. The van der Waals surface area contributed by atoms with Crippen molar-refractivity contribution in [3.05, 3.63) is 0 Å². The van der Waals surface area contributed by atoms with Crippen LogP contribution >= 0.6 is 12.4 Å². The summed E-state index contributed by atoms with van der Waals surface area (Å²) in [5.74, 6) is 1.13. The van der Waals surface area contributed by atoms with Crippen molar-refractivity contribution in [2.75, 3.05) is 13.7 Å². The maximum absolute atomic E-state index is 12.6. The third-order valence-electron chi connectivity index (χ3n) is 5.01. The molecule has 0 bridgehead atoms. The van der Waals surface area contributed by atoms with Crippen molar-refractivity contribution in [1.82, 2.24) is 4.90 Å². The van der Waals surface area contributed by atoms with E-state index in [9.17, 15) is 4.79 Å². The Bertz CT molecular complexity index is 311. The molecule has 21 heavy (non-hydrogen) atoms. The van der Waals surface area contributed by atoms with Gasteiger partial charge in [-0.25, -0.2) is 0 Å². The molecule has 5 heteroatoms. The van der Waals surface area contributed by atoms with Gasteiger partial charge in [0.15, 0.2) is 0 Å². The Balaban J connectivity index is 0.00000220. The molecule has 2 rings (SSSR count). The summed E-state index contributed by atoms with van der Waals surface area (Å²) in [5, 5.41) is 0. The minimum Gasteiger partial charge on any atom is -0.380 e. The Morgan fingerprint density at radius 2 is 1.71 bits per heavy atom. The number of nitrogens with two attached hydrogens (primary N) is 1. The summed E-state index contributed by atoms with van der Waals surface area (Å²) >= 11 is 0. The Labute approximate surface area is 135 Å². The van der Waals surface area contributed by atoms with Gasteiger partial charge in [0.05, 0.1) is 12.5 Å². The second-order valence-electron chi connectivity index (χ2n) is 6.41. The van der Waals surface area contributed by atoms with Gasteiger partial charge in [-0.15, -0.1) is 12.4 Å². The van der Waals surface area contributed by atoms with Gasteiger partial charge in [-0.05, 0) is 44.4 Å². The summed E-state index contributed by atoms with van der Waals surface area (Å²) < 4.78 is 5.27. The topological polar surface area (TPSA) is 55.6 Å². The SMILES string of the molecule is CCC1CCC(N(C(=O)CC(CN)OC)C2CC2)CC1.Cl. The Kier molecular flexibility index (Phi) is 7.99. The molecule has 1 unspecified atom stereocenters. The highest BCUT2D eigenvalue weighted by Gasteiger charge is 2.38. The average Bonchev–Trinajstić information content (AvgIpc) is 3.30. The van der Waals surface area contributed by atoms with Crippen molar-refractivity contribution in [2.45, 2.75) is 76.5 Å². The zero-order valence-electron chi connectivity index (χ0n) is 13.4. The van der Waals surface area contributed by atoms with Crippen LogP contribution in [-0.2, 0) is 9.53 Å². The van der Waals surface area contributed by atoms with Crippen LogP contribution in [0.15, 0.2) is 0 Å². The fourth-order valence-corrected chi connectivity index (χ4v) is 3.45. The molecule has 0 heterocycles. The largest absolute Gasteiger partial charge is 0.380 e. The Hall–Kier alpha value is -0.320. The number of ether oxygens (including phenoxy) is 1. The lowest BCUT2D eigenvalue weighted by molar-refractivity contribution is -0.137. The molecule has 0 aromatic heterocycles. The molecule has 0 radical (unpaired) electrons. The van der Waals surface area contributed by atoms with Gasteiger partial charge >= 0.3 is 0 Å². The maximum atomic E-state index is 12.6. The minimum absolute atomic E-state index is 0. The Morgan fingerprint density at radius 3 is 2.10 bits per heavy atom. The van der Waals surface area contributed by atoms with E-state index in [4.69, 9.17) is 10.5 Å². The quantitative estimate of drug-likeness (QED) is 0.785. The van der Waals surface area contributed by atoms with E-state index in [0.29, 0.717) is 25.0 Å². The lowest BCUT2D eigenvalue weighted by Crippen LogP contribution is -2.45. The lowest BCUT2D eigenvalue weighted by atomic mass is 9.83. The van der Waals surface area contributed by atoms with E-state index in [0.717, 1.165) is 5.92 Å². The van der Waals surface area contributed by atoms with E-state index in [-0.39, 0.29) is 24.4 Å². The van der Waals surface area contributed by atoms with Crippen molar-refractivity contribution in [3.8, 4) is 0 Å². The van der Waals surface area contributed by atoms with E-state index < -0.39 is 0 Å². The third kappa shape index (κ3) is 5.11. The normalized spacial score (nSPS) is 26.8. The molecule has 1 atom stereocenters. The van der Waals surface area contributed by atoms with Crippen molar-refractivity contribution < 1.29 is 9.53 Å². The molecule has 0 spiro atoms. The average molecular weight is 319 g/mol. The molecule has 2 aliphatic rings. The molecule has 0 aliphatic heterocycles. The number of rotatable bonds is 7. The number of nitrogens with zero attached hydrogens (tertiary/aromatic N) is 1. The molecule has 2 fully saturated rings. The summed E-state index contributed by atoms with van der Waals surface area (Å²) in [6, 6.07) is 0.967. The van der Waals surface area contributed by atoms with Crippen molar-refractivity contribution in [3.63, 3.8) is 0 Å². The molecule has 0 saturated heterocycles. The highest BCUT2D eigenvalue weighted by molar-refractivity contribution is 5.85. The first kappa shape index (κ1) is 18.7. The zero-order valence-corrected chi connectivity index (χ0v) is 14.2. The van der Waals surface area contributed by atoms with Gasteiger partial charge in [0.1, 0.15) is 0 Å². The summed E-state index contributed by atoms with van der Waals surface area (Å²) in [6.45, 7) is 2.70. The van der Waals surface area contributed by atoms with Crippen LogP contribution in [0.4, 0.5) is 0 Å². The number of amides is 1. The first-order valence-corrected chi connectivity index (χ1v) is 8.23. The number of carbonyl (C=O) groups excluding carboxylic acids is 1. The number of methoxy groups -OCH3 is 1. The van der Waals surface area contributed by atoms with Gasteiger partial charge in [-0.3, -0.25) is 4.79 Å². The van der Waals surface area contributed by atoms with Gasteiger partial charge in [-0.1, -0.05) is 13.3 Å². The zero-order chi connectivity index (χ0) is 14.5. The second-order valence-corrected chi connectivity index (χ2v) is 6.41. The van der Waals surface area contributed by atoms with Crippen molar-refractivity contribution in [2.24, 2.45) is 11.7 Å². The van der Waals surface area contributed by atoms with Gasteiger partial charge in [0, 0.05) is 25.7 Å². The van der Waals surface area contributed by atoms with Crippen LogP contribution in [0.2, 0.25) is 0 Å². The van der Waals surface area contributed by atoms with Gasteiger partial charge in [-0.2, -0.15) is 0 Å². The fraction of sp³-hybridized carbons (Fsp3) is 0.938. The molecule has 2 saturated carbocycles.